The van der Waals surface area contributed by atoms with Gasteiger partial charge in [0.15, 0.2) is 5.78 Å². The lowest BCUT2D eigenvalue weighted by atomic mass is 9.82. The summed E-state index contributed by atoms with van der Waals surface area (Å²) in [5.74, 6) is 0.843. The molecule has 1 heterocycles. The molecule has 0 amide bonds. The van der Waals surface area contributed by atoms with E-state index < -0.39 is 0 Å². The number of rotatable bonds is 1. The first-order valence-corrected chi connectivity index (χ1v) is 6.87. The molecule has 0 spiro atoms. The Morgan fingerprint density at radius 1 is 1.21 bits per heavy atom. The van der Waals surface area contributed by atoms with Crippen LogP contribution in [0.2, 0.25) is 10.0 Å². The Morgan fingerprint density at radius 2 is 1.89 bits per heavy atom. The molecule has 1 atom stereocenters. The summed E-state index contributed by atoms with van der Waals surface area (Å²) in [6, 6.07) is 5.41. The zero-order valence-electron chi connectivity index (χ0n) is 10.4. The summed E-state index contributed by atoms with van der Waals surface area (Å²) in [6.45, 7) is 1.89. The van der Waals surface area contributed by atoms with Crippen LogP contribution in [0.3, 0.4) is 0 Å². The van der Waals surface area contributed by atoms with Crippen LogP contribution in [-0.2, 0) is 6.42 Å². The minimum Gasteiger partial charge on any atom is -0.468 e. The van der Waals surface area contributed by atoms with Crippen molar-refractivity contribution in [2.24, 2.45) is 0 Å². The lowest BCUT2D eigenvalue weighted by Gasteiger charge is -2.22. The average molecular weight is 295 g/mol. The molecule has 0 bridgehead atoms. The van der Waals surface area contributed by atoms with Gasteiger partial charge in [-0.15, -0.1) is 0 Å². The number of halogens is 2. The molecule has 3 rings (SSSR count). The Kier molecular flexibility index (Phi) is 3.15. The first-order chi connectivity index (χ1) is 9.08. The zero-order valence-corrected chi connectivity index (χ0v) is 11.9. The third-order valence-corrected chi connectivity index (χ3v) is 4.26. The molecule has 1 aromatic heterocycles. The second-order valence-electron chi connectivity index (χ2n) is 4.88. The molecule has 0 radical (unpaired) electrons. The molecule has 0 N–H and O–H groups in total. The topological polar surface area (TPSA) is 30.2 Å². The number of furan rings is 1. The lowest BCUT2D eigenvalue weighted by molar-refractivity contribution is 0.0960. The second-order valence-corrected chi connectivity index (χ2v) is 5.69. The summed E-state index contributed by atoms with van der Waals surface area (Å²) in [4.78, 5) is 12.2. The number of fused-ring (bicyclic) bond motifs is 1. The number of aryl methyl sites for hydroxylation is 1. The molecular weight excluding hydrogens is 283 g/mol. The highest BCUT2D eigenvalue weighted by atomic mass is 35.5. The molecular formula is C15H12Cl2O2. The summed E-state index contributed by atoms with van der Waals surface area (Å²) in [5, 5.41) is 1.22. The monoisotopic (exact) mass is 294 g/mol. The van der Waals surface area contributed by atoms with E-state index in [1.165, 1.54) is 0 Å². The van der Waals surface area contributed by atoms with Gasteiger partial charge in [-0.3, -0.25) is 4.79 Å². The Hall–Kier alpha value is -1.25. The minimum atomic E-state index is -0.00764. The standard InChI is InChI=1S/C15H12Cl2O2/c1-8-7-19-13-6-9(5-12(18)14(8)13)15-10(16)3-2-4-11(15)17/h2-4,7,9H,5-6H2,1H3. The molecule has 2 aromatic rings. The van der Waals surface area contributed by atoms with E-state index in [4.69, 9.17) is 27.6 Å². The number of carbonyl (C=O) groups excluding carboxylic acids is 1. The Balaban J connectivity index is 2.04. The van der Waals surface area contributed by atoms with Crippen LogP contribution in [0.15, 0.2) is 28.9 Å². The first kappa shape index (κ1) is 12.8. The van der Waals surface area contributed by atoms with E-state index >= 15 is 0 Å². The van der Waals surface area contributed by atoms with E-state index in [0.717, 1.165) is 22.5 Å². The molecule has 1 aromatic carbocycles. The first-order valence-electron chi connectivity index (χ1n) is 6.12. The van der Waals surface area contributed by atoms with Crippen LogP contribution in [0.25, 0.3) is 0 Å². The molecule has 19 heavy (non-hydrogen) atoms. The summed E-state index contributed by atoms with van der Waals surface area (Å²) in [7, 11) is 0. The molecule has 0 fully saturated rings. The maximum Gasteiger partial charge on any atom is 0.167 e. The van der Waals surface area contributed by atoms with Crippen LogP contribution in [0, 0.1) is 6.92 Å². The van der Waals surface area contributed by atoms with Gasteiger partial charge in [-0.25, -0.2) is 0 Å². The third kappa shape index (κ3) is 2.09. The number of hydrogen-bond donors (Lipinski definition) is 0. The molecule has 0 saturated heterocycles. The average Bonchev–Trinajstić information content (AvgIpc) is 2.71. The quantitative estimate of drug-likeness (QED) is 0.756. The van der Waals surface area contributed by atoms with E-state index in [-0.39, 0.29) is 11.7 Å². The summed E-state index contributed by atoms with van der Waals surface area (Å²) in [5.41, 5.74) is 2.49. The van der Waals surface area contributed by atoms with Crippen molar-refractivity contribution in [3.8, 4) is 0 Å². The normalized spacial score (nSPS) is 18.5. The van der Waals surface area contributed by atoms with E-state index in [9.17, 15) is 4.79 Å². The van der Waals surface area contributed by atoms with Gasteiger partial charge in [0, 0.05) is 28.8 Å². The molecule has 1 aliphatic carbocycles. The molecule has 0 saturated carbocycles. The van der Waals surface area contributed by atoms with Crippen LogP contribution in [0.4, 0.5) is 0 Å². The predicted octanol–water partition coefficient (Wildman–Crippen LogP) is 4.81. The number of Topliss-reactive ketones (excluding diaryl/α,β-unsaturated/α-hetero) is 1. The van der Waals surface area contributed by atoms with Gasteiger partial charge in [0.25, 0.3) is 0 Å². The zero-order chi connectivity index (χ0) is 13.6. The highest BCUT2D eigenvalue weighted by Gasteiger charge is 2.32. The van der Waals surface area contributed by atoms with Crippen molar-refractivity contribution in [2.75, 3.05) is 0 Å². The maximum absolute atomic E-state index is 12.2. The highest BCUT2D eigenvalue weighted by molar-refractivity contribution is 6.36. The van der Waals surface area contributed by atoms with Gasteiger partial charge in [-0.1, -0.05) is 29.3 Å². The van der Waals surface area contributed by atoms with Gasteiger partial charge in [-0.05, 0) is 30.2 Å². The van der Waals surface area contributed by atoms with Crippen LogP contribution >= 0.6 is 23.2 Å². The van der Waals surface area contributed by atoms with Crippen LogP contribution in [0.5, 0.6) is 0 Å². The molecule has 4 heteroatoms. The second kappa shape index (κ2) is 4.69. The SMILES string of the molecule is Cc1coc2c1C(=O)CC(c1c(Cl)cccc1Cl)C2. The number of hydrogen-bond acceptors (Lipinski definition) is 2. The van der Waals surface area contributed by atoms with E-state index in [1.54, 1.807) is 24.5 Å². The van der Waals surface area contributed by atoms with Crippen LogP contribution < -0.4 is 0 Å². The fourth-order valence-electron chi connectivity index (χ4n) is 2.75. The molecule has 98 valence electrons. The van der Waals surface area contributed by atoms with E-state index in [2.05, 4.69) is 0 Å². The van der Waals surface area contributed by atoms with Crippen molar-refractivity contribution in [3.63, 3.8) is 0 Å². The fourth-order valence-corrected chi connectivity index (χ4v) is 3.46. The van der Waals surface area contributed by atoms with Gasteiger partial charge in [0.1, 0.15) is 5.76 Å². The van der Waals surface area contributed by atoms with Gasteiger partial charge in [-0.2, -0.15) is 0 Å². The van der Waals surface area contributed by atoms with Gasteiger partial charge in [0.05, 0.1) is 11.8 Å². The summed E-state index contributed by atoms with van der Waals surface area (Å²) in [6.07, 6.45) is 2.73. The molecule has 2 nitrogen and oxygen atoms in total. The Morgan fingerprint density at radius 3 is 2.58 bits per heavy atom. The smallest absolute Gasteiger partial charge is 0.167 e. The molecule has 0 aliphatic heterocycles. The number of ketones is 1. The minimum absolute atomic E-state index is 0.00764. The van der Waals surface area contributed by atoms with Crippen LogP contribution in [0.1, 0.15) is 39.6 Å². The van der Waals surface area contributed by atoms with Crippen molar-refractivity contribution in [2.45, 2.75) is 25.7 Å². The van der Waals surface area contributed by atoms with Crippen molar-refractivity contribution in [1.29, 1.82) is 0 Å². The van der Waals surface area contributed by atoms with Gasteiger partial charge in [0.2, 0.25) is 0 Å². The van der Waals surface area contributed by atoms with Crippen molar-refractivity contribution < 1.29 is 9.21 Å². The van der Waals surface area contributed by atoms with E-state index in [0.29, 0.717) is 22.9 Å². The maximum atomic E-state index is 12.2. The van der Waals surface area contributed by atoms with E-state index in [1.807, 2.05) is 6.92 Å². The Labute approximate surface area is 121 Å². The summed E-state index contributed by atoms with van der Waals surface area (Å²) < 4.78 is 5.48. The number of benzene rings is 1. The van der Waals surface area contributed by atoms with Crippen molar-refractivity contribution in [1.82, 2.24) is 0 Å². The summed E-state index contributed by atoms with van der Waals surface area (Å²) >= 11 is 12.4. The largest absolute Gasteiger partial charge is 0.468 e. The highest BCUT2D eigenvalue weighted by Crippen LogP contribution is 2.40. The third-order valence-electron chi connectivity index (χ3n) is 3.60. The van der Waals surface area contributed by atoms with Crippen molar-refractivity contribution >= 4 is 29.0 Å². The van der Waals surface area contributed by atoms with Crippen LogP contribution in [-0.4, -0.2) is 5.78 Å². The predicted molar refractivity (Wildman–Crippen MR) is 75.3 cm³/mol. The Bertz CT molecular complexity index is 638. The van der Waals surface area contributed by atoms with Gasteiger partial charge < -0.3 is 4.42 Å². The fraction of sp³-hybridized carbons (Fsp3) is 0.267. The van der Waals surface area contributed by atoms with Gasteiger partial charge >= 0.3 is 0 Å². The molecule has 1 aliphatic rings. The number of carbonyl (C=O) groups is 1. The molecule has 1 unspecified atom stereocenters. The lowest BCUT2D eigenvalue weighted by Crippen LogP contribution is -2.18. The van der Waals surface area contributed by atoms with Crippen molar-refractivity contribution in [3.05, 3.63) is 57.0 Å².